The van der Waals surface area contributed by atoms with E-state index in [0.717, 1.165) is 43.8 Å². The van der Waals surface area contributed by atoms with Gasteiger partial charge in [0.25, 0.3) is 0 Å². The molecule has 2 aliphatic heterocycles. The van der Waals surface area contributed by atoms with E-state index in [1.54, 1.807) is 0 Å². The van der Waals surface area contributed by atoms with Crippen LogP contribution in [0.2, 0.25) is 0 Å². The molecule has 0 unspecified atom stereocenters. The monoisotopic (exact) mass is 1080 g/mol. The van der Waals surface area contributed by atoms with E-state index in [0.29, 0.717) is 91.9 Å². The summed E-state index contributed by atoms with van der Waals surface area (Å²) in [5.41, 5.74) is 5.12. The molecule has 332 valence electrons. The molecule has 0 fully saturated rings. The first-order valence-electron chi connectivity index (χ1n) is 21.9. The summed E-state index contributed by atoms with van der Waals surface area (Å²) in [5, 5.41) is 3.12. The van der Waals surface area contributed by atoms with E-state index in [2.05, 4.69) is 9.97 Å². The van der Waals surface area contributed by atoms with Gasteiger partial charge in [0.05, 0.1) is 0 Å². The van der Waals surface area contributed by atoms with Crippen LogP contribution in [0.25, 0.3) is 89.7 Å². The molecule has 0 amide bonds. The Balaban J connectivity index is 0.00000492. The van der Waals surface area contributed by atoms with Gasteiger partial charge < -0.3 is 28.9 Å². The molecule has 0 aliphatic carbocycles. The molecule has 0 spiro atoms. The van der Waals surface area contributed by atoms with Crippen molar-refractivity contribution in [2.45, 2.75) is 0 Å². The molecule has 3 aromatic heterocycles. The van der Waals surface area contributed by atoms with Gasteiger partial charge in [-0.25, -0.2) is 29.9 Å². The summed E-state index contributed by atoms with van der Waals surface area (Å²) in [7, 11) is 0. The van der Waals surface area contributed by atoms with Crippen molar-refractivity contribution in [1.82, 2.24) is 39.9 Å². The largest absolute Gasteiger partial charge is 0.457 e. The molecule has 12 nitrogen and oxygen atoms in total. The van der Waals surface area contributed by atoms with Crippen LogP contribution in [0.4, 0.5) is 0 Å². The third kappa shape index (κ3) is 7.98. The van der Waals surface area contributed by atoms with Crippen molar-refractivity contribution in [1.29, 1.82) is 0 Å². The van der Waals surface area contributed by atoms with Crippen LogP contribution >= 0.6 is 0 Å². The van der Waals surface area contributed by atoms with Crippen molar-refractivity contribution in [3.8, 4) is 91.5 Å². The minimum absolute atomic E-state index is 0. The number of nitrogens with zero attached hydrogens (tertiary/aromatic N) is 6. The van der Waals surface area contributed by atoms with E-state index < -0.39 is 0 Å². The fraction of sp³-hybridized carbons (Fsp3) is 0. The fourth-order valence-corrected chi connectivity index (χ4v) is 8.46. The smallest absolute Gasteiger partial charge is 0.164 e. The Kier molecular flexibility index (Phi) is 10.4. The molecule has 69 heavy (non-hydrogen) atoms. The van der Waals surface area contributed by atoms with Gasteiger partial charge in [0.2, 0.25) is 0 Å². The van der Waals surface area contributed by atoms with Gasteiger partial charge in [0.15, 0.2) is 23.3 Å². The molecule has 13 rings (SSSR count). The van der Waals surface area contributed by atoms with Crippen LogP contribution < -0.4 is 18.9 Å². The fourth-order valence-electron chi connectivity index (χ4n) is 8.46. The molecule has 13 heteroatoms. The van der Waals surface area contributed by atoms with Crippen molar-refractivity contribution in [3.63, 3.8) is 0 Å². The number of fused-ring (bicyclic) bond motifs is 20. The zero-order chi connectivity index (χ0) is 45.0. The number of aromatic nitrogens is 8. The maximum atomic E-state index is 6.34. The molecule has 5 heterocycles. The van der Waals surface area contributed by atoms with Crippen molar-refractivity contribution in [3.05, 3.63) is 194 Å². The number of para-hydroxylation sites is 4. The minimum Gasteiger partial charge on any atom is -0.457 e. The predicted molar refractivity (Wildman–Crippen MR) is 262 cm³/mol. The van der Waals surface area contributed by atoms with Crippen LogP contribution in [0, 0.1) is 0 Å². The van der Waals surface area contributed by atoms with E-state index >= 15 is 0 Å². The Labute approximate surface area is 407 Å². The second-order valence-corrected chi connectivity index (χ2v) is 16.1. The van der Waals surface area contributed by atoms with Crippen LogP contribution in [-0.4, -0.2) is 39.9 Å². The number of nitrogens with one attached hydrogen (secondary N) is 2. The maximum absolute atomic E-state index is 6.34. The zero-order valence-electron chi connectivity index (χ0n) is 36.1. The van der Waals surface area contributed by atoms with Gasteiger partial charge in [-0.2, -0.15) is 0 Å². The van der Waals surface area contributed by atoms with Crippen LogP contribution in [0.15, 0.2) is 194 Å². The molecule has 2 N–H and O–H groups in total. The summed E-state index contributed by atoms with van der Waals surface area (Å²) in [5.74, 6) is 7.07. The quantitative estimate of drug-likeness (QED) is 0.151. The van der Waals surface area contributed by atoms with Crippen molar-refractivity contribution in [2.75, 3.05) is 0 Å². The zero-order valence-corrected chi connectivity index (χ0v) is 38.4. The Morgan fingerprint density at radius 2 is 0.536 bits per heavy atom. The summed E-state index contributed by atoms with van der Waals surface area (Å²) in [6, 6.07) is 62.0. The first kappa shape index (κ1) is 41.4. The van der Waals surface area contributed by atoms with Gasteiger partial charge in [-0.05, 0) is 121 Å². The average Bonchev–Trinajstić information content (AvgIpc) is 4.10. The standard InChI is InChI=1S/C56H34N8O4.Pt/c1-5-13-33(14-6-1)65-37-21-25-41-45(29-37)53-57-49(41)62-54-47-31-39(67-35-17-9-3-10-18-35)23-27-43(47)51(59-54)64-56-48-32-40(68-36-19-11-4-12-20-36)24-28-44(48)52(60-56)63-55-46-30-38(66-34-15-7-2-8-16-34)22-26-42(46)50(58-55)61-53;/h1-32H,(H2,57,58,59,60,61,62,63,64);. The molecule has 0 saturated heterocycles. The number of benzene rings is 8. The van der Waals surface area contributed by atoms with E-state index in [9.17, 15) is 0 Å². The summed E-state index contributed by atoms with van der Waals surface area (Å²) in [6.07, 6.45) is 0. The first-order valence-corrected chi connectivity index (χ1v) is 21.9. The topological polar surface area (TPSA) is 146 Å². The predicted octanol–water partition coefficient (Wildman–Crippen LogP) is 14.0. The average molecular weight is 1080 g/mol. The third-order valence-corrected chi connectivity index (χ3v) is 11.6. The molecule has 11 aromatic rings. The molecule has 0 saturated carbocycles. The Morgan fingerprint density at radius 3 is 0.884 bits per heavy atom. The minimum atomic E-state index is 0. The molecule has 0 radical (unpaired) electrons. The second kappa shape index (κ2) is 17.3. The van der Waals surface area contributed by atoms with E-state index in [1.807, 2.05) is 194 Å². The van der Waals surface area contributed by atoms with E-state index in [4.69, 9.17) is 48.9 Å². The van der Waals surface area contributed by atoms with Crippen LogP contribution in [0.1, 0.15) is 0 Å². The van der Waals surface area contributed by atoms with Gasteiger partial charge >= 0.3 is 0 Å². The first-order chi connectivity index (χ1) is 33.6. The Hall–Kier alpha value is -8.99. The molecular weight excluding hydrogens is 1040 g/mol. The summed E-state index contributed by atoms with van der Waals surface area (Å²) in [6.45, 7) is 0. The van der Waals surface area contributed by atoms with Crippen molar-refractivity contribution < 1.29 is 40.0 Å². The SMILES string of the molecule is [Pt].c1ccc(Oc2ccc3c(c2)-c2nc-3nc3[nH]c(nc4nc(nc5[nH]c(n2)c2ccc(Oc6ccccc6)cc52)-c2ccc(Oc5ccccc5)cc2-4)c2ccc(Oc4ccccc4)cc32)cc1. The van der Waals surface area contributed by atoms with Crippen LogP contribution in [0.5, 0.6) is 46.0 Å². The normalized spacial score (nSPS) is 11.4. The number of hydrogen-bond acceptors (Lipinski definition) is 10. The van der Waals surface area contributed by atoms with Crippen LogP contribution in [-0.2, 0) is 21.1 Å². The Bertz CT molecular complexity index is 3670. The van der Waals surface area contributed by atoms with Gasteiger partial charge in [0.1, 0.15) is 68.6 Å². The number of ether oxygens (including phenoxy) is 4. The molecular formula is C56H34N8O4Pt. The van der Waals surface area contributed by atoms with Crippen molar-refractivity contribution >= 4 is 44.1 Å². The third-order valence-electron chi connectivity index (χ3n) is 11.6. The number of hydrogen-bond donors (Lipinski definition) is 2. The molecule has 0 atom stereocenters. The van der Waals surface area contributed by atoms with E-state index in [1.165, 1.54) is 0 Å². The summed E-state index contributed by atoms with van der Waals surface area (Å²) < 4.78 is 25.3. The molecule has 2 aliphatic rings. The molecule has 8 bridgehead atoms. The number of rotatable bonds is 8. The van der Waals surface area contributed by atoms with Crippen molar-refractivity contribution in [2.24, 2.45) is 0 Å². The molecule has 8 aromatic carbocycles. The van der Waals surface area contributed by atoms with Crippen LogP contribution in [0.3, 0.4) is 0 Å². The summed E-state index contributed by atoms with van der Waals surface area (Å²) >= 11 is 0. The number of H-pyrrole nitrogens is 2. The van der Waals surface area contributed by atoms with Gasteiger partial charge in [-0.1, -0.05) is 72.8 Å². The van der Waals surface area contributed by atoms with Gasteiger partial charge in [0, 0.05) is 64.9 Å². The number of aromatic amines is 2. The second-order valence-electron chi connectivity index (χ2n) is 16.1. The Morgan fingerprint density at radius 1 is 0.246 bits per heavy atom. The van der Waals surface area contributed by atoms with Gasteiger partial charge in [-0.15, -0.1) is 0 Å². The van der Waals surface area contributed by atoms with Gasteiger partial charge in [-0.3, -0.25) is 0 Å². The van der Waals surface area contributed by atoms with E-state index in [-0.39, 0.29) is 21.1 Å². The maximum Gasteiger partial charge on any atom is 0.164 e. The summed E-state index contributed by atoms with van der Waals surface area (Å²) in [4.78, 5) is 38.4.